The van der Waals surface area contributed by atoms with Crippen LogP contribution >= 0.6 is 0 Å². The Morgan fingerprint density at radius 2 is 2.17 bits per heavy atom. The molecule has 0 aromatic rings. The summed E-state index contributed by atoms with van der Waals surface area (Å²) < 4.78 is 11.4. The Bertz CT molecular complexity index is 298. The highest BCUT2D eigenvalue weighted by atomic mass is 32.2. The van der Waals surface area contributed by atoms with Gasteiger partial charge in [0.15, 0.2) is 0 Å². The van der Waals surface area contributed by atoms with Gasteiger partial charge >= 0.3 is 0 Å². The molecular formula is C14H28N2OS. The Hall–Kier alpha value is 0.0700. The summed E-state index contributed by atoms with van der Waals surface area (Å²) in [4.78, 5) is 5.35. The molecule has 4 heteroatoms. The molecule has 2 aliphatic heterocycles. The molecular weight excluding hydrogens is 244 g/mol. The first-order valence-corrected chi connectivity index (χ1v) is 9.04. The zero-order valence-corrected chi connectivity index (χ0v) is 12.9. The van der Waals surface area contributed by atoms with Gasteiger partial charge in [0.05, 0.1) is 0 Å². The largest absolute Gasteiger partial charge is 0.298 e. The molecule has 2 fully saturated rings. The maximum Gasteiger partial charge on any atom is 0.0329 e. The van der Waals surface area contributed by atoms with E-state index < -0.39 is 10.8 Å². The molecule has 3 nitrogen and oxygen atoms in total. The Morgan fingerprint density at radius 3 is 2.83 bits per heavy atom. The number of piperazine rings is 1. The number of rotatable bonds is 5. The van der Waals surface area contributed by atoms with Crippen molar-refractivity contribution in [3.05, 3.63) is 0 Å². The highest BCUT2D eigenvalue weighted by Gasteiger charge is 2.35. The van der Waals surface area contributed by atoms with Crippen molar-refractivity contribution in [1.29, 1.82) is 0 Å². The van der Waals surface area contributed by atoms with Gasteiger partial charge in [-0.05, 0) is 38.8 Å². The van der Waals surface area contributed by atoms with Crippen molar-refractivity contribution < 1.29 is 4.21 Å². The molecule has 0 aromatic carbocycles. The molecule has 0 aliphatic carbocycles. The topological polar surface area (TPSA) is 23.6 Å². The summed E-state index contributed by atoms with van der Waals surface area (Å²) in [6.07, 6.45) is 6.91. The minimum absolute atomic E-state index is 0.337. The lowest BCUT2D eigenvalue weighted by atomic mass is 10.0. The zero-order valence-electron chi connectivity index (χ0n) is 12.1. The Kier molecular flexibility index (Phi) is 5.22. The SMILES string of the molecule is CCC1CN2CCCC2CN1CCC(C)S(C)=O. The molecule has 0 N–H and O–H groups in total. The van der Waals surface area contributed by atoms with Gasteiger partial charge in [-0.2, -0.15) is 0 Å². The first-order valence-electron chi connectivity index (χ1n) is 7.42. The molecule has 106 valence electrons. The molecule has 0 saturated carbocycles. The highest BCUT2D eigenvalue weighted by Crippen LogP contribution is 2.26. The summed E-state index contributed by atoms with van der Waals surface area (Å²) in [6.45, 7) is 9.35. The van der Waals surface area contributed by atoms with E-state index in [4.69, 9.17) is 0 Å². The predicted octanol–water partition coefficient (Wildman–Crippen LogP) is 1.70. The van der Waals surface area contributed by atoms with Gasteiger partial charge in [-0.3, -0.25) is 14.0 Å². The first kappa shape index (κ1) is 14.5. The molecule has 4 unspecified atom stereocenters. The number of nitrogens with zero attached hydrogens (tertiary/aromatic N) is 2. The average molecular weight is 272 g/mol. The van der Waals surface area contributed by atoms with Crippen molar-refractivity contribution in [1.82, 2.24) is 9.80 Å². The Morgan fingerprint density at radius 1 is 1.39 bits per heavy atom. The lowest BCUT2D eigenvalue weighted by molar-refractivity contribution is 0.0486. The van der Waals surface area contributed by atoms with Crippen molar-refractivity contribution in [2.24, 2.45) is 0 Å². The lowest BCUT2D eigenvalue weighted by Gasteiger charge is -2.43. The zero-order chi connectivity index (χ0) is 13.1. The van der Waals surface area contributed by atoms with Crippen LogP contribution in [0.4, 0.5) is 0 Å². The summed E-state index contributed by atoms with van der Waals surface area (Å²) in [7, 11) is -0.670. The predicted molar refractivity (Wildman–Crippen MR) is 78.4 cm³/mol. The summed E-state index contributed by atoms with van der Waals surface area (Å²) in [5.41, 5.74) is 0. The van der Waals surface area contributed by atoms with E-state index in [-0.39, 0.29) is 0 Å². The van der Waals surface area contributed by atoms with Gasteiger partial charge in [-0.25, -0.2) is 0 Å². The van der Waals surface area contributed by atoms with E-state index in [0.29, 0.717) is 5.25 Å². The van der Waals surface area contributed by atoms with Crippen molar-refractivity contribution in [2.75, 3.05) is 32.4 Å². The fourth-order valence-corrected chi connectivity index (χ4v) is 3.76. The molecule has 0 bridgehead atoms. The van der Waals surface area contributed by atoms with Crippen molar-refractivity contribution in [2.45, 2.75) is 56.9 Å². The monoisotopic (exact) mass is 272 g/mol. The van der Waals surface area contributed by atoms with E-state index in [0.717, 1.165) is 25.0 Å². The second kappa shape index (κ2) is 6.49. The number of hydrogen-bond donors (Lipinski definition) is 0. The molecule has 2 saturated heterocycles. The fourth-order valence-electron chi connectivity index (χ4n) is 3.32. The molecule has 18 heavy (non-hydrogen) atoms. The lowest BCUT2D eigenvalue weighted by Crippen LogP contribution is -2.56. The van der Waals surface area contributed by atoms with Crippen molar-refractivity contribution in [3.63, 3.8) is 0 Å². The second-order valence-electron chi connectivity index (χ2n) is 5.95. The van der Waals surface area contributed by atoms with E-state index in [1.165, 1.54) is 38.9 Å². The Balaban J connectivity index is 1.87. The van der Waals surface area contributed by atoms with Gasteiger partial charge in [-0.15, -0.1) is 0 Å². The smallest absolute Gasteiger partial charge is 0.0329 e. The average Bonchev–Trinajstić information content (AvgIpc) is 2.81. The molecule has 0 aromatic heterocycles. The van der Waals surface area contributed by atoms with Crippen LogP contribution in [0, 0.1) is 0 Å². The molecule has 0 amide bonds. The summed E-state index contributed by atoms with van der Waals surface area (Å²) in [5, 5.41) is 0.337. The third kappa shape index (κ3) is 3.34. The molecule has 0 spiro atoms. The van der Waals surface area contributed by atoms with Crippen molar-refractivity contribution in [3.8, 4) is 0 Å². The van der Waals surface area contributed by atoms with Gasteiger partial charge in [0.1, 0.15) is 0 Å². The molecule has 2 rings (SSSR count). The molecule has 0 radical (unpaired) electrons. The van der Waals surface area contributed by atoms with E-state index in [2.05, 4.69) is 23.6 Å². The molecule has 2 aliphatic rings. The summed E-state index contributed by atoms with van der Waals surface area (Å²) in [5.74, 6) is 0. The van der Waals surface area contributed by atoms with Gasteiger partial charge in [0, 0.05) is 47.5 Å². The molecule has 2 heterocycles. The third-order valence-corrected chi connectivity index (χ3v) is 6.14. The van der Waals surface area contributed by atoms with Crippen LogP contribution in [0.2, 0.25) is 0 Å². The van der Waals surface area contributed by atoms with Gasteiger partial charge in [0.2, 0.25) is 0 Å². The minimum atomic E-state index is -0.670. The van der Waals surface area contributed by atoms with Crippen LogP contribution in [0.1, 0.15) is 39.5 Å². The quantitative estimate of drug-likeness (QED) is 0.761. The van der Waals surface area contributed by atoms with Crippen LogP contribution in [0.25, 0.3) is 0 Å². The van der Waals surface area contributed by atoms with Crippen LogP contribution in [0.3, 0.4) is 0 Å². The summed E-state index contributed by atoms with van der Waals surface area (Å²) >= 11 is 0. The number of fused-ring (bicyclic) bond motifs is 1. The van der Waals surface area contributed by atoms with E-state index in [1.807, 2.05) is 6.26 Å². The third-order valence-electron chi connectivity index (χ3n) is 4.77. The van der Waals surface area contributed by atoms with Crippen LogP contribution in [0.5, 0.6) is 0 Å². The van der Waals surface area contributed by atoms with Crippen LogP contribution in [-0.2, 0) is 10.8 Å². The van der Waals surface area contributed by atoms with Gasteiger partial charge < -0.3 is 0 Å². The van der Waals surface area contributed by atoms with Crippen LogP contribution in [0.15, 0.2) is 0 Å². The molecule has 4 atom stereocenters. The highest BCUT2D eigenvalue weighted by molar-refractivity contribution is 7.84. The van der Waals surface area contributed by atoms with Gasteiger partial charge in [0.25, 0.3) is 0 Å². The van der Waals surface area contributed by atoms with Crippen molar-refractivity contribution >= 4 is 10.8 Å². The minimum Gasteiger partial charge on any atom is -0.298 e. The van der Waals surface area contributed by atoms with E-state index in [1.54, 1.807) is 0 Å². The van der Waals surface area contributed by atoms with Crippen LogP contribution in [-0.4, -0.2) is 63.8 Å². The first-order chi connectivity index (χ1) is 8.61. The maximum atomic E-state index is 11.4. The van der Waals surface area contributed by atoms with E-state index >= 15 is 0 Å². The van der Waals surface area contributed by atoms with Gasteiger partial charge in [-0.1, -0.05) is 13.8 Å². The normalized spacial score (nSPS) is 33.3. The number of hydrogen-bond acceptors (Lipinski definition) is 3. The van der Waals surface area contributed by atoms with Crippen LogP contribution < -0.4 is 0 Å². The fraction of sp³-hybridized carbons (Fsp3) is 1.00. The summed E-state index contributed by atoms with van der Waals surface area (Å²) in [6, 6.07) is 1.52. The van der Waals surface area contributed by atoms with E-state index in [9.17, 15) is 4.21 Å². The Labute approximate surface area is 114 Å². The maximum absolute atomic E-state index is 11.4. The standard InChI is InChI=1S/C14H28N2OS/c1-4-13-10-15-8-5-6-14(15)11-16(13)9-7-12(2)18(3)17/h12-14H,4-11H2,1-3H3. The second-order valence-corrected chi connectivity index (χ2v) is 7.75.